The summed E-state index contributed by atoms with van der Waals surface area (Å²) in [7, 11) is 1.64. The van der Waals surface area contributed by atoms with Gasteiger partial charge in [0.15, 0.2) is 0 Å². The Bertz CT molecular complexity index is 752. The van der Waals surface area contributed by atoms with Crippen LogP contribution in [-0.2, 0) is 4.79 Å². The van der Waals surface area contributed by atoms with Gasteiger partial charge in [-0.05, 0) is 6.92 Å². The molecule has 0 aliphatic carbocycles. The summed E-state index contributed by atoms with van der Waals surface area (Å²) in [6.45, 7) is 4.96. The lowest BCUT2D eigenvalue weighted by molar-refractivity contribution is -0.122. The lowest BCUT2D eigenvalue weighted by atomic mass is 10.2. The summed E-state index contributed by atoms with van der Waals surface area (Å²) in [5.41, 5.74) is 1.81. The summed E-state index contributed by atoms with van der Waals surface area (Å²) in [5, 5.41) is 3.50. The second-order valence-electron chi connectivity index (χ2n) is 6.04. The second-order valence-corrected chi connectivity index (χ2v) is 7.04. The Labute approximate surface area is 151 Å². The van der Waals surface area contributed by atoms with Crippen LogP contribution in [0.15, 0.2) is 30.3 Å². The van der Waals surface area contributed by atoms with E-state index in [1.54, 1.807) is 7.05 Å². The van der Waals surface area contributed by atoms with Crippen LogP contribution in [0.25, 0.3) is 10.6 Å². The summed E-state index contributed by atoms with van der Waals surface area (Å²) < 4.78 is 0. The Morgan fingerprint density at radius 3 is 2.48 bits per heavy atom. The molecule has 1 aromatic heterocycles. The van der Waals surface area contributed by atoms with E-state index in [4.69, 9.17) is 0 Å². The van der Waals surface area contributed by atoms with Crippen LogP contribution in [0.5, 0.6) is 0 Å². The van der Waals surface area contributed by atoms with Gasteiger partial charge in [-0.1, -0.05) is 30.3 Å². The van der Waals surface area contributed by atoms with Crippen LogP contribution in [0, 0.1) is 6.92 Å². The molecular weight excluding hydrogens is 336 g/mol. The first kappa shape index (κ1) is 17.6. The van der Waals surface area contributed by atoms with Gasteiger partial charge < -0.3 is 10.2 Å². The van der Waals surface area contributed by atoms with Crippen molar-refractivity contribution in [2.24, 2.45) is 0 Å². The smallest absolute Gasteiger partial charge is 0.265 e. The molecule has 1 saturated heterocycles. The number of aromatic nitrogens is 1. The first-order valence-electron chi connectivity index (χ1n) is 8.33. The Morgan fingerprint density at radius 1 is 1.16 bits per heavy atom. The van der Waals surface area contributed by atoms with E-state index in [2.05, 4.69) is 15.2 Å². The van der Waals surface area contributed by atoms with Crippen molar-refractivity contribution in [3.63, 3.8) is 0 Å². The minimum atomic E-state index is 0.00517. The minimum absolute atomic E-state index is 0.00517. The molecule has 7 heteroatoms. The number of thiazole rings is 1. The molecular formula is C18H22N4O2S. The van der Waals surface area contributed by atoms with Gasteiger partial charge in [-0.15, -0.1) is 11.3 Å². The Morgan fingerprint density at radius 2 is 1.84 bits per heavy atom. The van der Waals surface area contributed by atoms with Crippen molar-refractivity contribution >= 4 is 23.2 Å². The Kier molecular flexibility index (Phi) is 5.45. The normalized spacial score (nSPS) is 15.2. The summed E-state index contributed by atoms with van der Waals surface area (Å²) in [5.74, 6) is 0.0438. The molecule has 2 amide bonds. The van der Waals surface area contributed by atoms with Crippen LogP contribution >= 0.6 is 11.3 Å². The van der Waals surface area contributed by atoms with E-state index >= 15 is 0 Å². The predicted molar refractivity (Wildman–Crippen MR) is 98.7 cm³/mol. The van der Waals surface area contributed by atoms with Crippen LogP contribution < -0.4 is 5.32 Å². The van der Waals surface area contributed by atoms with Gasteiger partial charge in [-0.3, -0.25) is 14.5 Å². The quantitative estimate of drug-likeness (QED) is 0.902. The molecule has 1 aliphatic heterocycles. The first-order valence-corrected chi connectivity index (χ1v) is 9.15. The van der Waals surface area contributed by atoms with Gasteiger partial charge in [0.25, 0.3) is 5.91 Å². The highest BCUT2D eigenvalue weighted by Gasteiger charge is 2.26. The number of hydrogen-bond donors (Lipinski definition) is 1. The third-order valence-corrected chi connectivity index (χ3v) is 5.51. The second kappa shape index (κ2) is 7.76. The standard InChI is InChI=1S/C18H22N4O2S/c1-13-16(25-17(20-13)14-6-4-3-5-7-14)18(24)22-10-8-21(9-11-22)12-15(23)19-2/h3-7H,8-12H2,1-2H3,(H,19,23). The summed E-state index contributed by atoms with van der Waals surface area (Å²) in [4.78, 5) is 33.5. The maximum Gasteiger partial charge on any atom is 0.265 e. The van der Waals surface area contributed by atoms with Gasteiger partial charge in [-0.25, -0.2) is 4.98 Å². The van der Waals surface area contributed by atoms with Crippen molar-refractivity contribution < 1.29 is 9.59 Å². The number of benzene rings is 1. The number of carbonyl (C=O) groups excluding carboxylic acids is 2. The van der Waals surface area contributed by atoms with E-state index in [1.165, 1.54) is 11.3 Å². The Balaban J connectivity index is 1.66. The molecule has 1 aromatic carbocycles. The number of amides is 2. The molecule has 0 bridgehead atoms. The molecule has 0 radical (unpaired) electrons. The number of aryl methyl sites for hydroxylation is 1. The van der Waals surface area contributed by atoms with Crippen LogP contribution in [0.3, 0.4) is 0 Å². The highest BCUT2D eigenvalue weighted by Crippen LogP contribution is 2.28. The van der Waals surface area contributed by atoms with Crippen molar-refractivity contribution in [1.82, 2.24) is 20.1 Å². The van der Waals surface area contributed by atoms with E-state index in [1.807, 2.05) is 42.2 Å². The molecule has 1 fully saturated rings. The monoisotopic (exact) mass is 358 g/mol. The molecule has 2 aromatic rings. The van der Waals surface area contributed by atoms with Crippen LogP contribution in [-0.4, -0.2) is 66.4 Å². The van der Waals surface area contributed by atoms with Gasteiger partial charge >= 0.3 is 0 Å². The fourth-order valence-corrected chi connectivity index (χ4v) is 3.87. The van der Waals surface area contributed by atoms with E-state index in [9.17, 15) is 9.59 Å². The predicted octanol–water partition coefficient (Wildman–Crippen LogP) is 1.62. The fourth-order valence-electron chi connectivity index (χ4n) is 2.83. The van der Waals surface area contributed by atoms with Crippen LogP contribution in [0.2, 0.25) is 0 Å². The van der Waals surface area contributed by atoms with E-state index in [0.717, 1.165) is 16.3 Å². The molecule has 2 heterocycles. The van der Waals surface area contributed by atoms with Crippen molar-refractivity contribution in [3.8, 4) is 10.6 Å². The molecule has 0 unspecified atom stereocenters. The summed E-state index contributed by atoms with van der Waals surface area (Å²) >= 11 is 1.45. The minimum Gasteiger partial charge on any atom is -0.358 e. The van der Waals surface area contributed by atoms with Crippen molar-refractivity contribution in [1.29, 1.82) is 0 Å². The molecule has 1 N–H and O–H groups in total. The van der Waals surface area contributed by atoms with Crippen LogP contribution in [0.1, 0.15) is 15.4 Å². The zero-order valence-corrected chi connectivity index (χ0v) is 15.3. The molecule has 0 saturated carbocycles. The third kappa shape index (κ3) is 4.05. The highest BCUT2D eigenvalue weighted by atomic mass is 32.1. The van der Waals surface area contributed by atoms with Gasteiger partial charge in [0.2, 0.25) is 5.91 Å². The fraction of sp³-hybridized carbons (Fsp3) is 0.389. The van der Waals surface area contributed by atoms with E-state index < -0.39 is 0 Å². The summed E-state index contributed by atoms with van der Waals surface area (Å²) in [6, 6.07) is 9.92. The number of likely N-dealkylation sites (N-methyl/N-ethyl adjacent to an activating group) is 1. The number of nitrogens with one attached hydrogen (secondary N) is 1. The lowest BCUT2D eigenvalue weighted by Crippen LogP contribution is -2.50. The number of rotatable bonds is 4. The van der Waals surface area contributed by atoms with E-state index in [-0.39, 0.29) is 11.8 Å². The Hall–Kier alpha value is -2.25. The molecule has 132 valence electrons. The van der Waals surface area contributed by atoms with Gasteiger partial charge in [0.1, 0.15) is 9.88 Å². The number of carbonyl (C=O) groups is 2. The summed E-state index contributed by atoms with van der Waals surface area (Å²) in [6.07, 6.45) is 0. The SMILES string of the molecule is CNC(=O)CN1CCN(C(=O)c2sc(-c3ccccc3)nc2C)CC1. The zero-order valence-electron chi connectivity index (χ0n) is 14.5. The number of nitrogens with zero attached hydrogens (tertiary/aromatic N) is 3. The van der Waals surface area contributed by atoms with Gasteiger partial charge in [0, 0.05) is 38.8 Å². The molecule has 3 rings (SSSR count). The zero-order chi connectivity index (χ0) is 17.8. The van der Waals surface area contributed by atoms with Gasteiger partial charge in [-0.2, -0.15) is 0 Å². The average molecular weight is 358 g/mol. The number of piperazine rings is 1. The maximum atomic E-state index is 12.8. The molecule has 0 atom stereocenters. The molecule has 0 spiro atoms. The average Bonchev–Trinajstić information content (AvgIpc) is 3.04. The van der Waals surface area contributed by atoms with Crippen molar-refractivity contribution in [2.45, 2.75) is 6.92 Å². The third-order valence-electron chi connectivity index (χ3n) is 4.32. The van der Waals surface area contributed by atoms with Crippen molar-refractivity contribution in [2.75, 3.05) is 39.8 Å². The topological polar surface area (TPSA) is 65.5 Å². The van der Waals surface area contributed by atoms with E-state index in [0.29, 0.717) is 37.6 Å². The van der Waals surface area contributed by atoms with Crippen molar-refractivity contribution in [3.05, 3.63) is 40.9 Å². The van der Waals surface area contributed by atoms with Crippen LogP contribution in [0.4, 0.5) is 0 Å². The van der Waals surface area contributed by atoms with Gasteiger partial charge in [0.05, 0.1) is 12.2 Å². The lowest BCUT2D eigenvalue weighted by Gasteiger charge is -2.34. The largest absolute Gasteiger partial charge is 0.358 e. The molecule has 1 aliphatic rings. The molecule has 6 nitrogen and oxygen atoms in total. The molecule has 25 heavy (non-hydrogen) atoms. The maximum absolute atomic E-state index is 12.8. The highest BCUT2D eigenvalue weighted by molar-refractivity contribution is 7.17. The first-order chi connectivity index (χ1) is 12.1. The number of hydrogen-bond acceptors (Lipinski definition) is 5.